The van der Waals surface area contributed by atoms with Crippen molar-refractivity contribution in [3.05, 3.63) is 11.1 Å². The fourth-order valence-electron chi connectivity index (χ4n) is 3.29. The standard InChI is InChI=1S/C17H28N4OS/c1-12(2)15-10-20(9-14-11-23-17(18-3)19-14)7-6-16(22)21(15)8-13-4-5-13/h11-13,15H,4-10H2,1-3H3,(H,18,19)/t15-/m1/s1. The molecule has 1 atom stereocenters. The van der Waals surface area contributed by atoms with E-state index in [0.29, 0.717) is 24.3 Å². The monoisotopic (exact) mass is 336 g/mol. The Morgan fingerprint density at radius 1 is 1.43 bits per heavy atom. The Bertz CT molecular complexity index is 540. The minimum Gasteiger partial charge on any atom is -0.365 e. The molecule has 0 spiro atoms. The molecule has 0 radical (unpaired) electrons. The number of thiazole rings is 1. The van der Waals surface area contributed by atoms with Crippen LogP contribution < -0.4 is 5.32 Å². The van der Waals surface area contributed by atoms with Gasteiger partial charge in [-0.15, -0.1) is 11.3 Å². The van der Waals surface area contributed by atoms with Gasteiger partial charge in [0.1, 0.15) is 0 Å². The number of carbonyl (C=O) groups is 1. The summed E-state index contributed by atoms with van der Waals surface area (Å²) >= 11 is 1.64. The first-order valence-corrected chi connectivity index (χ1v) is 9.58. The van der Waals surface area contributed by atoms with Gasteiger partial charge in [-0.1, -0.05) is 13.8 Å². The Kier molecular flexibility index (Phi) is 5.21. The molecular formula is C17H28N4OS. The quantitative estimate of drug-likeness (QED) is 0.868. The molecule has 2 fully saturated rings. The Labute approximate surface area is 143 Å². The smallest absolute Gasteiger partial charge is 0.224 e. The summed E-state index contributed by atoms with van der Waals surface area (Å²) in [7, 11) is 1.90. The fourth-order valence-corrected chi connectivity index (χ4v) is 3.95. The zero-order valence-corrected chi connectivity index (χ0v) is 15.2. The molecule has 1 aliphatic heterocycles. The van der Waals surface area contributed by atoms with E-state index in [9.17, 15) is 4.79 Å². The lowest BCUT2D eigenvalue weighted by atomic mass is 10.0. The molecule has 128 valence electrons. The van der Waals surface area contributed by atoms with Gasteiger partial charge < -0.3 is 10.2 Å². The van der Waals surface area contributed by atoms with E-state index in [4.69, 9.17) is 0 Å². The molecule has 1 amide bonds. The van der Waals surface area contributed by atoms with Crippen molar-refractivity contribution in [2.75, 3.05) is 32.0 Å². The number of amides is 1. The molecule has 0 unspecified atom stereocenters. The second kappa shape index (κ2) is 7.18. The molecule has 0 aromatic carbocycles. The number of anilines is 1. The minimum atomic E-state index is 0.327. The number of rotatable bonds is 6. The van der Waals surface area contributed by atoms with Crippen LogP contribution in [0, 0.1) is 11.8 Å². The van der Waals surface area contributed by atoms with Gasteiger partial charge in [0.2, 0.25) is 5.91 Å². The number of nitrogens with one attached hydrogen (secondary N) is 1. The van der Waals surface area contributed by atoms with Gasteiger partial charge in [-0.3, -0.25) is 9.69 Å². The molecule has 3 rings (SSSR count). The zero-order chi connectivity index (χ0) is 16.4. The first-order chi connectivity index (χ1) is 11.1. The average Bonchev–Trinajstić information content (AvgIpc) is 3.26. The van der Waals surface area contributed by atoms with Crippen LogP contribution in [0.3, 0.4) is 0 Å². The predicted molar refractivity (Wildman–Crippen MR) is 94.6 cm³/mol. The maximum atomic E-state index is 12.6. The summed E-state index contributed by atoms with van der Waals surface area (Å²) in [6.45, 7) is 8.09. The highest BCUT2D eigenvalue weighted by molar-refractivity contribution is 7.13. The lowest BCUT2D eigenvalue weighted by Gasteiger charge is -2.34. The summed E-state index contributed by atoms with van der Waals surface area (Å²) in [5.74, 6) is 1.58. The van der Waals surface area contributed by atoms with E-state index in [-0.39, 0.29) is 0 Å². The summed E-state index contributed by atoms with van der Waals surface area (Å²) in [5, 5.41) is 6.17. The highest BCUT2D eigenvalue weighted by Crippen LogP contribution is 2.32. The topological polar surface area (TPSA) is 48.5 Å². The third-order valence-corrected chi connectivity index (χ3v) is 5.79. The van der Waals surface area contributed by atoms with Crippen molar-refractivity contribution >= 4 is 22.4 Å². The number of carbonyl (C=O) groups excluding carboxylic acids is 1. The summed E-state index contributed by atoms with van der Waals surface area (Å²) in [4.78, 5) is 21.8. The van der Waals surface area contributed by atoms with Crippen LogP contribution in [0.1, 0.15) is 38.8 Å². The summed E-state index contributed by atoms with van der Waals surface area (Å²) in [6.07, 6.45) is 3.23. The van der Waals surface area contributed by atoms with Crippen LogP contribution in [0.25, 0.3) is 0 Å². The van der Waals surface area contributed by atoms with Crippen molar-refractivity contribution in [2.45, 2.75) is 45.7 Å². The maximum absolute atomic E-state index is 12.6. The van der Waals surface area contributed by atoms with Crippen molar-refractivity contribution < 1.29 is 4.79 Å². The first-order valence-electron chi connectivity index (χ1n) is 8.70. The van der Waals surface area contributed by atoms with Gasteiger partial charge in [0.05, 0.1) is 5.69 Å². The van der Waals surface area contributed by atoms with Crippen LogP contribution in [0.5, 0.6) is 0 Å². The van der Waals surface area contributed by atoms with E-state index in [1.54, 1.807) is 11.3 Å². The van der Waals surface area contributed by atoms with E-state index in [1.165, 1.54) is 12.8 Å². The molecule has 0 bridgehead atoms. The minimum absolute atomic E-state index is 0.327. The molecule has 2 heterocycles. The van der Waals surface area contributed by atoms with Gasteiger partial charge in [0, 0.05) is 51.1 Å². The molecule has 1 N–H and O–H groups in total. The Morgan fingerprint density at radius 3 is 2.83 bits per heavy atom. The normalized spacial score (nSPS) is 23.4. The number of nitrogens with zero attached hydrogens (tertiary/aromatic N) is 3. The van der Waals surface area contributed by atoms with Gasteiger partial charge in [0.15, 0.2) is 5.13 Å². The second-order valence-electron chi connectivity index (χ2n) is 7.18. The molecule has 1 aromatic heterocycles. The van der Waals surface area contributed by atoms with Gasteiger partial charge in [-0.2, -0.15) is 0 Å². The maximum Gasteiger partial charge on any atom is 0.224 e. The molecule has 1 aliphatic carbocycles. The first kappa shape index (κ1) is 16.7. The van der Waals surface area contributed by atoms with Crippen molar-refractivity contribution in [1.82, 2.24) is 14.8 Å². The van der Waals surface area contributed by atoms with E-state index in [1.807, 2.05) is 7.05 Å². The van der Waals surface area contributed by atoms with Crippen molar-refractivity contribution in [1.29, 1.82) is 0 Å². The van der Waals surface area contributed by atoms with Crippen molar-refractivity contribution in [3.8, 4) is 0 Å². The van der Waals surface area contributed by atoms with Crippen LogP contribution in [0.2, 0.25) is 0 Å². The predicted octanol–water partition coefficient (Wildman–Crippen LogP) is 2.65. The highest BCUT2D eigenvalue weighted by Gasteiger charge is 2.35. The van der Waals surface area contributed by atoms with Gasteiger partial charge in [0.25, 0.3) is 0 Å². The third kappa shape index (κ3) is 4.23. The van der Waals surface area contributed by atoms with Gasteiger partial charge in [-0.05, 0) is 24.7 Å². The molecule has 1 aromatic rings. The number of aromatic nitrogens is 1. The fraction of sp³-hybridized carbons (Fsp3) is 0.765. The Hall–Kier alpha value is -1.14. The lowest BCUT2D eigenvalue weighted by Crippen LogP contribution is -2.47. The molecule has 5 nitrogen and oxygen atoms in total. The highest BCUT2D eigenvalue weighted by atomic mass is 32.1. The van der Waals surface area contributed by atoms with Crippen molar-refractivity contribution in [2.24, 2.45) is 11.8 Å². The molecule has 23 heavy (non-hydrogen) atoms. The SMILES string of the molecule is CNc1nc(CN2CCC(=O)N(CC3CC3)[C@@H](C(C)C)C2)cs1. The van der Waals surface area contributed by atoms with E-state index in [2.05, 4.69) is 39.3 Å². The molecular weight excluding hydrogens is 308 g/mol. The summed E-state index contributed by atoms with van der Waals surface area (Å²) < 4.78 is 0. The van der Waals surface area contributed by atoms with Crippen LogP contribution in [-0.2, 0) is 11.3 Å². The van der Waals surface area contributed by atoms with E-state index in [0.717, 1.165) is 42.9 Å². The number of hydrogen-bond donors (Lipinski definition) is 1. The van der Waals surface area contributed by atoms with Crippen LogP contribution in [-0.4, -0.2) is 53.4 Å². The second-order valence-corrected chi connectivity index (χ2v) is 8.04. The van der Waals surface area contributed by atoms with Gasteiger partial charge >= 0.3 is 0 Å². The van der Waals surface area contributed by atoms with Crippen LogP contribution in [0.4, 0.5) is 5.13 Å². The summed E-state index contributed by atoms with van der Waals surface area (Å²) in [6, 6.07) is 0.327. The number of hydrogen-bond acceptors (Lipinski definition) is 5. The van der Waals surface area contributed by atoms with E-state index < -0.39 is 0 Å². The largest absolute Gasteiger partial charge is 0.365 e. The van der Waals surface area contributed by atoms with E-state index >= 15 is 0 Å². The average molecular weight is 337 g/mol. The van der Waals surface area contributed by atoms with Crippen LogP contribution in [0.15, 0.2) is 5.38 Å². The van der Waals surface area contributed by atoms with Gasteiger partial charge in [-0.25, -0.2) is 4.98 Å². The zero-order valence-electron chi connectivity index (χ0n) is 14.4. The molecule has 2 aliphatic rings. The lowest BCUT2D eigenvalue weighted by molar-refractivity contribution is -0.133. The third-order valence-electron chi connectivity index (χ3n) is 4.88. The van der Waals surface area contributed by atoms with Crippen molar-refractivity contribution in [3.63, 3.8) is 0 Å². The molecule has 1 saturated heterocycles. The Morgan fingerprint density at radius 2 is 2.22 bits per heavy atom. The van der Waals surface area contributed by atoms with Crippen LogP contribution >= 0.6 is 11.3 Å². The molecule has 1 saturated carbocycles. The molecule has 6 heteroatoms. The summed E-state index contributed by atoms with van der Waals surface area (Å²) in [5.41, 5.74) is 1.10. The Balaban J connectivity index is 1.69.